The Hall–Kier alpha value is -3.00. The monoisotopic (exact) mass is 400 g/mol. The van der Waals surface area contributed by atoms with Gasteiger partial charge >= 0.3 is 0 Å². The van der Waals surface area contributed by atoms with Crippen LogP contribution in [0, 0.1) is 6.92 Å². The second-order valence-corrected chi connectivity index (χ2v) is 7.31. The fraction of sp³-hybridized carbons (Fsp3) is 0.429. The summed E-state index contributed by atoms with van der Waals surface area (Å²) in [5, 5.41) is 5.60. The molecule has 0 spiro atoms. The highest BCUT2D eigenvalue weighted by molar-refractivity contribution is 5.97. The molecular weight excluding hydrogens is 376 g/mol. The molecule has 2 aromatic rings. The normalized spacial score (nSPS) is 17.0. The van der Waals surface area contributed by atoms with E-state index in [1.165, 1.54) is 6.26 Å². The third-order valence-electron chi connectivity index (χ3n) is 5.57. The van der Waals surface area contributed by atoms with Crippen molar-refractivity contribution < 1.29 is 28.2 Å². The molecule has 0 unspecified atom stereocenters. The lowest BCUT2D eigenvalue weighted by atomic mass is 9.74. The quantitative estimate of drug-likeness (QED) is 0.769. The molecule has 0 saturated carbocycles. The van der Waals surface area contributed by atoms with Crippen molar-refractivity contribution in [1.82, 2.24) is 10.6 Å². The van der Waals surface area contributed by atoms with E-state index in [0.29, 0.717) is 31.1 Å². The molecule has 2 amide bonds. The topological polar surface area (TPSA) is 99.0 Å². The van der Waals surface area contributed by atoms with Crippen LogP contribution in [0.2, 0.25) is 0 Å². The van der Waals surface area contributed by atoms with Crippen LogP contribution >= 0.6 is 0 Å². The Labute approximate surface area is 168 Å². The molecule has 2 aliphatic heterocycles. The first-order valence-electron chi connectivity index (χ1n) is 9.64. The molecule has 0 bridgehead atoms. The first-order valence-corrected chi connectivity index (χ1v) is 9.64. The van der Waals surface area contributed by atoms with Gasteiger partial charge in [-0.1, -0.05) is 6.07 Å². The average molecular weight is 400 g/mol. The Bertz CT molecular complexity index is 900. The highest BCUT2D eigenvalue weighted by atomic mass is 16.7. The number of furan rings is 1. The van der Waals surface area contributed by atoms with Gasteiger partial charge in [0.05, 0.1) is 18.4 Å². The van der Waals surface area contributed by atoms with Gasteiger partial charge in [0.25, 0.3) is 5.91 Å². The summed E-state index contributed by atoms with van der Waals surface area (Å²) in [5.41, 5.74) is 1.27. The average Bonchev–Trinajstić information content (AvgIpc) is 3.39. The Kier molecular flexibility index (Phi) is 5.44. The molecule has 1 saturated heterocycles. The van der Waals surface area contributed by atoms with Gasteiger partial charge < -0.3 is 29.3 Å². The van der Waals surface area contributed by atoms with Gasteiger partial charge in [0.2, 0.25) is 12.7 Å². The smallest absolute Gasteiger partial charge is 0.255 e. The molecule has 154 valence electrons. The predicted molar refractivity (Wildman–Crippen MR) is 103 cm³/mol. The van der Waals surface area contributed by atoms with Crippen LogP contribution in [-0.4, -0.2) is 44.9 Å². The second-order valence-electron chi connectivity index (χ2n) is 7.31. The largest absolute Gasteiger partial charge is 0.469 e. The minimum Gasteiger partial charge on any atom is -0.469 e. The van der Waals surface area contributed by atoms with E-state index in [1.54, 1.807) is 13.0 Å². The van der Waals surface area contributed by atoms with Gasteiger partial charge in [0.1, 0.15) is 5.76 Å². The number of nitrogens with one attached hydrogen (secondary N) is 2. The van der Waals surface area contributed by atoms with E-state index in [9.17, 15) is 9.59 Å². The molecule has 29 heavy (non-hydrogen) atoms. The zero-order valence-electron chi connectivity index (χ0n) is 16.3. The first kappa shape index (κ1) is 19.3. The van der Waals surface area contributed by atoms with Gasteiger partial charge in [-0.25, -0.2) is 0 Å². The lowest BCUT2D eigenvalue weighted by molar-refractivity contribution is -0.120. The van der Waals surface area contributed by atoms with Crippen molar-refractivity contribution in [3.63, 3.8) is 0 Å². The Morgan fingerprint density at radius 3 is 2.62 bits per heavy atom. The van der Waals surface area contributed by atoms with E-state index < -0.39 is 0 Å². The highest BCUT2D eigenvalue weighted by Gasteiger charge is 2.36. The summed E-state index contributed by atoms with van der Waals surface area (Å²) in [4.78, 5) is 24.5. The van der Waals surface area contributed by atoms with Gasteiger partial charge in [0.15, 0.2) is 11.5 Å². The number of hydrogen-bond donors (Lipinski definition) is 2. The molecular formula is C21H24N2O6. The highest BCUT2D eigenvalue weighted by Crippen LogP contribution is 2.40. The van der Waals surface area contributed by atoms with Crippen molar-refractivity contribution in [3.05, 3.63) is 47.4 Å². The summed E-state index contributed by atoms with van der Waals surface area (Å²) in [5.74, 6) is 1.40. The van der Waals surface area contributed by atoms with Crippen molar-refractivity contribution in [2.24, 2.45) is 0 Å². The van der Waals surface area contributed by atoms with E-state index in [-0.39, 0.29) is 30.6 Å². The van der Waals surface area contributed by atoms with Gasteiger partial charge in [-0.3, -0.25) is 9.59 Å². The number of hydrogen-bond acceptors (Lipinski definition) is 6. The van der Waals surface area contributed by atoms with Crippen molar-refractivity contribution in [1.29, 1.82) is 0 Å². The van der Waals surface area contributed by atoms with Crippen LogP contribution in [0.25, 0.3) is 0 Å². The number of carbonyl (C=O) groups excluding carboxylic acids is 2. The lowest BCUT2D eigenvalue weighted by Crippen LogP contribution is -2.47. The summed E-state index contributed by atoms with van der Waals surface area (Å²) in [6.07, 6.45) is 3.02. The summed E-state index contributed by atoms with van der Waals surface area (Å²) >= 11 is 0. The zero-order chi connectivity index (χ0) is 20.3. The van der Waals surface area contributed by atoms with E-state index in [4.69, 9.17) is 18.6 Å². The molecule has 0 aliphatic carbocycles. The van der Waals surface area contributed by atoms with Crippen molar-refractivity contribution >= 4 is 11.8 Å². The number of carbonyl (C=O) groups is 2. The van der Waals surface area contributed by atoms with Crippen LogP contribution in [0.5, 0.6) is 11.5 Å². The van der Waals surface area contributed by atoms with Crippen molar-refractivity contribution in [2.75, 3.05) is 33.1 Å². The number of benzene rings is 1. The zero-order valence-corrected chi connectivity index (χ0v) is 16.3. The maximum absolute atomic E-state index is 12.4. The number of amides is 2. The van der Waals surface area contributed by atoms with Crippen LogP contribution in [-0.2, 0) is 14.9 Å². The summed E-state index contributed by atoms with van der Waals surface area (Å²) in [6.45, 7) is 3.53. The van der Waals surface area contributed by atoms with Crippen molar-refractivity contribution in [3.8, 4) is 11.5 Å². The third-order valence-corrected chi connectivity index (χ3v) is 5.57. The van der Waals surface area contributed by atoms with Crippen LogP contribution in [0.4, 0.5) is 0 Å². The Morgan fingerprint density at radius 1 is 1.07 bits per heavy atom. The minimum atomic E-state index is -0.331. The molecule has 8 nitrogen and oxygen atoms in total. The fourth-order valence-corrected chi connectivity index (χ4v) is 3.76. The molecule has 1 fully saturated rings. The van der Waals surface area contributed by atoms with Gasteiger partial charge in [-0.2, -0.15) is 0 Å². The SMILES string of the molecule is Cc1occc1C(=O)NCC(=O)NCC1(c2ccc3c(c2)OCO3)CCOCC1. The molecule has 8 heteroatoms. The summed E-state index contributed by atoms with van der Waals surface area (Å²) in [6, 6.07) is 7.50. The molecule has 4 rings (SSSR count). The molecule has 2 N–H and O–H groups in total. The van der Waals surface area contributed by atoms with E-state index in [2.05, 4.69) is 10.6 Å². The number of rotatable bonds is 6. The number of fused-ring (bicyclic) bond motifs is 1. The number of ether oxygens (including phenoxy) is 3. The van der Waals surface area contributed by atoms with E-state index in [0.717, 1.165) is 29.9 Å². The fourth-order valence-electron chi connectivity index (χ4n) is 3.76. The van der Waals surface area contributed by atoms with Gasteiger partial charge in [-0.05, 0) is 43.5 Å². The van der Waals surface area contributed by atoms with Crippen LogP contribution in [0.3, 0.4) is 0 Å². The molecule has 1 aromatic carbocycles. The van der Waals surface area contributed by atoms with Crippen LogP contribution in [0.1, 0.15) is 34.5 Å². The molecule has 0 radical (unpaired) electrons. The third kappa shape index (κ3) is 4.07. The van der Waals surface area contributed by atoms with Crippen LogP contribution in [0.15, 0.2) is 34.9 Å². The summed E-state index contributed by atoms with van der Waals surface area (Å²) in [7, 11) is 0. The first-order chi connectivity index (χ1) is 14.1. The standard InChI is InChI=1S/C21H24N2O6/c1-14-16(4-7-27-14)20(25)22-11-19(24)23-12-21(5-8-26-9-6-21)15-2-3-17-18(10-15)29-13-28-17/h2-4,7,10H,5-6,8-9,11-13H2,1H3,(H,22,25)(H,23,24). The second kappa shape index (κ2) is 8.16. The van der Waals surface area contributed by atoms with Gasteiger partial charge in [-0.15, -0.1) is 0 Å². The molecule has 3 heterocycles. The molecule has 0 atom stereocenters. The van der Waals surface area contributed by atoms with E-state index >= 15 is 0 Å². The predicted octanol–water partition coefficient (Wildman–Crippen LogP) is 1.91. The summed E-state index contributed by atoms with van der Waals surface area (Å²) < 4.78 is 21.6. The van der Waals surface area contributed by atoms with Gasteiger partial charge in [0, 0.05) is 25.2 Å². The lowest BCUT2D eigenvalue weighted by Gasteiger charge is -2.38. The van der Waals surface area contributed by atoms with Crippen molar-refractivity contribution in [2.45, 2.75) is 25.2 Å². The maximum atomic E-state index is 12.4. The molecule has 1 aromatic heterocycles. The Morgan fingerprint density at radius 2 is 1.86 bits per heavy atom. The molecule has 2 aliphatic rings. The minimum absolute atomic E-state index is 0.100. The van der Waals surface area contributed by atoms with Crippen LogP contribution < -0.4 is 20.1 Å². The maximum Gasteiger partial charge on any atom is 0.255 e. The Balaban J connectivity index is 1.39. The number of aryl methyl sites for hydroxylation is 1. The van der Waals surface area contributed by atoms with E-state index in [1.807, 2.05) is 18.2 Å².